The lowest BCUT2D eigenvalue weighted by atomic mass is 10.1. The third-order valence-corrected chi connectivity index (χ3v) is 3.86. The van der Waals surface area contributed by atoms with Gasteiger partial charge in [0.15, 0.2) is 11.5 Å². The molecule has 9 heteroatoms. The molecule has 0 saturated heterocycles. The number of phenols is 1. The molecule has 0 heterocycles. The number of hydrogen-bond donors (Lipinski definition) is 2. The summed E-state index contributed by atoms with van der Waals surface area (Å²) in [7, 11) is 4.36. The summed E-state index contributed by atoms with van der Waals surface area (Å²) in [6.45, 7) is 0. The Morgan fingerprint density at radius 3 is 2.23 bits per heavy atom. The maximum atomic E-state index is 12.3. The monoisotopic (exact) mass is 398 g/mol. The standard InChI is InChI=1S/C17H16Cl2N2O5/c1-24-13-5-9(6-14(25-2)16(13)26-3)17(23)21-20-8-10-4-11(18)7-12(19)15(10)22/h4-8,22H,1-3H3,(H,21,23)/b20-8-. The maximum absolute atomic E-state index is 12.3. The molecule has 0 spiro atoms. The lowest BCUT2D eigenvalue weighted by Gasteiger charge is -2.13. The molecule has 138 valence electrons. The van der Waals surface area contributed by atoms with E-state index in [2.05, 4.69) is 10.5 Å². The number of hydrogen-bond acceptors (Lipinski definition) is 6. The Hall–Kier alpha value is -2.64. The third-order valence-electron chi connectivity index (χ3n) is 3.35. The molecule has 0 fully saturated rings. The number of hydrazone groups is 1. The second kappa shape index (κ2) is 8.64. The summed E-state index contributed by atoms with van der Waals surface area (Å²) in [4.78, 5) is 12.3. The van der Waals surface area contributed by atoms with Crippen LogP contribution in [0.15, 0.2) is 29.4 Å². The first kappa shape index (κ1) is 19.7. The number of ether oxygens (including phenoxy) is 3. The first-order chi connectivity index (χ1) is 12.4. The quantitative estimate of drug-likeness (QED) is 0.574. The van der Waals surface area contributed by atoms with Gasteiger partial charge in [-0.1, -0.05) is 23.2 Å². The van der Waals surface area contributed by atoms with Crippen molar-refractivity contribution in [3.63, 3.8) is 0 Å². The van der Waals surface area contributed by atoms with Gasteiger partial charge < -0.3 is 19.3 Å². The second-order valence-corrected chi connectivity index (χ2v) is 5.78. The number of halogens is 2. The zero-order valence-electron chi connectivity index (χ0n) is 14.2. The fourth-order valence-corrected chi connectivity index (χ4v) is 2.63. The molecule has 7 nitrogen and oxygen atoms in total. The number of nitrogens with one attached hydrogen (secondary N) is 1. The zero-order valence-corrected chi connectivity index (χ0v) is 15.7. The number of carbonyl (C=O) groups is 1. The Bertz CT molecular complexity index is 830. The van der Waals surface area contributed by atoms with Crippen molar-refractivity contribution >= 4 is 35.3 Å². The van der Waals surface area contributed by atoms with Gasteiger partial charge >= 0.3 is 0 Å². The van der Waals surface area contributed by atoms with E-state index >= 15 is 0 Å². The number of phenolic OH excluding ortho intramolecular Hbond substituents is 1. The molecule has 0 saturated carbocycles. The molecule has 2 aromatic rings. The highest BCUT2D eigenvalue weighted by atomic mass is 35.5. The summed E-state index contributed by atoms with van der Waals surface area (Å²) in [5.41, 5.74) is 2.83. The van der Waals surface area contributed by atoms with Gasteiger partial charge in [0.25, 0.3) is 5.91 Å². The molecule has 0 atom stereocenters. The first-order valence-corrected chi connectivity index (χ1v) is 7.98. The van der Waals surface area contributed by atoms with Gasteiger partial charge in [-0.25, -0.2) is 5.43 Å². The smallest absolute Gasteiger partial charge is 0.271 e. The highest BCUT2D eigenvalue weighted by Crippen LogP contribution is 2.38. The van der Waals surface area contributed by atoms with E-state index in [-0.39, 0.29) is 21.9 Å². The lowest BCUT2D eigenvalue weighted by molar-refractivity contribution is 0.0954. The normalized spacial score (nSPS) is 10.7. The Morgan fingerprint density at radius 2 is 1.69 bits per heavy atom. The predicted molar refractivity (Wildman–Crippen MR) is 99.3 cm³/mol. The summed E-state index contributed by atoms with van der Waals surface area (Å²) in [5.74, 6) is 0.323. The molecule has 2 rings (SSSR count). The van der Waals surface area contributed by atoms with Gasteiger partial charge in [-0.15, -0.1) is 0 Å². The van der Waals surface area contributed by atoms with Crippen molar-refractivity contribution in [2.24, 2.45) is 5.10 Å². The largest absolute Gasteiger partial charge is 0.506 e. The molecule has 1 amide bonds. The van der Waals surface area contributed by atoms with Crippen LogP contribution in [0.2, 0.25) is 10.0 Å². The zero-order chi connectivity index (χ0) is 19.3. The van der Waals surface area contributed by atoms with Crippen molar-refractivity contribution < 1.29 is 24.1 Å². The van der Waals surface area contributed by atoms with E-state index in [1.54, 1.807) is 0 Å². The Morgan fingerprint density at radius 1 is 1.08 bits per heavy atom. The SMILES string of the molecule is COc1cc(C(=O)N/N=C\c2cc(Cl)cc(Cl)c2O)cc(OC)c1OC. The summed E-state index contributed by atoms with van der Waals surface area (Å²) in [6.07, 6.45) is 1.23. The van der Waals surface area contributed by atoms with Crippen molar-refractivity contribution in [3.05, 3.63) is 45.4 Å². The number of carbonyl (C=O) groups excluding carboxylic acids is 1. The van der Waals surface area contributed by atoms with E-state index in [0.29, 0.717) is 22.3 Å². The Labute approximate surface area is 160 Å². The maximum Gasteiger partial charge on any atom is 0.271 e. The number of amides is 1. The molecule has 26 heavy (non-hydrogen) atoms. The molecule has 0 radical (unpaired) electrons. The molecule has 0 aliphatic heterocycles. The van der Waals surface area contributed by atoms with E-state index in [1.807, 2.05) is 0 Å². The third kappa shape index (κ3) is 4.30. The van der Waals surface area contributed by atoms with Gasteiger partial charge in [-0.05, 0) is 24.3 Å². The average molecular weight is 399 g/mol. The van der Waals surface area contributed by atoms with E-state index in [9.17, 15) is 9.90 Å². The highest BCUT2D eigenvalue weighted by molar-refractivity contribution is 6.36. The van der Waals surface area contributed by atoms with E-state index < -0.39 is 5.91 Å². The summed E-state index contributed by atoms with van der Waals surface area (Å²) < 4.78 is 15.6. The van der Waals surface area contributed by atoms with Gasteiger partial charge in [-0.3, -0.25) is 4.79 Å². The predicted octanol–water partition coefficient (Wildman–Crippen LogP) is 3.49. The first-order valence-electron chi connectivity index (χ1n) is 7.22. The lowest BCUT2D eigenvalue weighted by Crippen LogP contribution is -2.18. The molecule has 0 aliphatic rings. The van der Waals surface area contributed by atoms with Crippen LogP contribution < -0.4 is 19.6 Å². The molecular weight excluding hydrogens is 383 g/mol. The van der Waals surface area contributed by atoms with Crippen LogP contribution in [0, 0.1) is 0 Å². The van der Waals surface area contributed by atoms with Gasteiger partial charge in [0, 0.05) is 16.1 Å². The van der Waals surface area contributed by atoms with Crippen LogP contribution in [-0.4, -0.2) is 38.6 Å². The van der Waals surface area contributed by atoms with E-state index in [0.717, 1.165) is 0 Å². The molecular formula is C17H16Cl2N2O5. The second-order valence-electron chi connectivity index (χ2n) is 4.94. The molecule has 0 aliphatic carbocycles. The minimum absolute atomic E-state index is 0.0786. The van der Waals surface area contributed by atoms with Crippen molar-refractivity contribution in [1.82, 2.24) is 5.43 Å². The van der Waals surface area contributed by atoms with Crippen LogP contribution in [-0.2, 0) is 0 Å². The number of methoxy groups -OCH3 is 3. The minimum atomic E-state index is -0.520. The Kier molecular flexibility index (Phi) is 6.54. The van der Waals surface area contributed by atoms with Gasteiger partial charge in [0.1, 0.15) is 5.75 Å². The van der Waals surface area contributed by atoms with Crippen molar-refractivity contribution in [2.45, 2.75) is 0 Å². The van der Waals surface area contributed by atoms with Crippen LogP contribution in [0.3, 0.4) is 0 Å². The number of rotatable bonds is 6. The Balaban J connectivity index is 2.23. The fraction of sp³-hybridized carbons (Fsp3) is 0.176. The van der Waals surface area contributed by atoms with Gasteiger partial charge in [0.05, 0.1) is 32.6 Å². The minimum Gasteiger partial charge on any atom is -0.506 e. The number of aromatic hydroxyl groups is 1. The van der Waals surface area contributed by atoms with Crippen molar-refractivity contribution in [3.8, 4) is 23.0 Å². The fourth-order valence-electron chi connectivity index (χ4n) is 2.12. The average Bonchev–Trinajstić information content (AvgIpc) is 2.63. The van der Waals surface area contributed by atoms with Crippen LogP contribution in [0.4, 0.5) is 0 Å². The van der Waals surface area contributed by atoms with Crippen LogP contribution >= 0.6 is 23.2 Å². The van der Waals surface area contributed by atoms with Gasteiger partial charge in [-0.2, -0.15) is 5.10 Å². The van der Waals surface area contributed by atoms with Crippen LogP contribution in [0.25, 0.3) is 0 Å². The number of nitrogens with zero attached hydrogens (tertiary/aromatic N) is 1. The molecule has 0 bridgehead atoms. The van der Waals surface area contributed by atoms with E-state index in [1.165, 1.54) is 51.8 Å². The topological polar surface area (TPSA) is 89.4 Å². The summed E-state index contributed by atoms with van der Waals surface area (Å²) >= 11 is 11.7. The summed E-state index contributed by atoms with van der Waals surface area (Å²) in [5, 5.41) is 14.1. The van der Waals surface area contributed by atoms with Crippen molar-refractivity contribution in [1.29, 1.82) is 0 Å². The molecule has 0 aromatic heterocycles. The molecule has 2 N–H and O–H groups in total. The highest BCUT2D eigenvalue weighted by Gasteiger charge is 2.16. The van der Waals surface area contributed by atoms with Crippen molar-refractivity contribution in [2.75, 3.05) is 21.3 Å². The van der Waals surface area contributed by atoms with Crippen LogP contribution in [0.1, 0.15) is 15.9 Å². The summed E-state index contributed by atoms with van der Waals surface area (Å²) in [6, 6.07) is 5.82. The van der Waals surface area contributed by atoms with E-state index in [4.69, 9.17) is 37.4 Å². The van der Waals surface area contributed by atoms with Crippen LogP contribution in [0.5, 0.6) is 23.0 Å². The molecule has 2 aromatic carbocycles. The number of benzene rings is 2. The van der Waals surface area contributed by atoms with Gasteiger partial charge in [0.2, 0.25) is 5.75 Å². The molecule has 0 unspecified atom stereocenters.